The predicted octanol–water partition coefficient (Wildman–Crippen LogP) is 3.13. The SMILES string of the molecule is NC(=S)c1cc(Br)ccc1NCCc1ccccn1. The van der Waals surface area contributed by atoms with E-state index in [0.29, 0.717) is 4.99 Å². The van der Waals surface area contributed by atoms with Crippen molar-refractivity contribution in [2.75, 3.05) is 11.9 Å². The molecule has 2 aromatic rings. The number of nitrogens with two attached hydrogens (primary N) is 1. The lowest BCUT2D eigenvalue weighted by molar-refractivity contribution is 0.961. The fourth-order valence-corrected chi connectivity index (χ4v) is 2.28. The lowest BCUT2D eigenvalue weighted by Crippen LogP contribution is -2.14. The van der Waals surface area contributed by atoms with E-state index in [1.807, 2.05) is 36.4 Å². The molecule has 1 aromatic carbocycles. The summed E-state index contributed by atoms with van der Waals surface area (Å²) in [5.41, 5.74) is 8.59. The molecule has 5 heteroatoms. The Morgan fingerprint density at radius 3 is 2.84 bits per heavy atom. The van der Waals surface area contributed by atoms with Crippen LogP contribution < -0.4 is 11.1 Å². The zero-order chi connectivity index (χ0) is 13.7. The molecule has 1 aromatic heterocycles. The summed E-state index contributed by atoms with van der Waals surface area (Å²) >= 11 is 8.47. The molecule has 0 bridgehead atoms. The normalized spacial score (nSPS) is 10.2. The fraction of sp³-hybridized carbons (Fsp3) is 0.143. The van der Waals surface area contributed by atoms with Crippen molar-refractivity contribution in [3.63, 3.8) is 0 Å². The highest BCUT2D eigenvalue weighted by atomic mass is 79.9. The highest BCUT2D eigenvalue weighted by Crippen LogP contribution is 2.21. The molecular formula is C14H14BrN3S. The first-order valence-electron chi connectivity index (χ1n) is 5.90. The van der Waals surface area contributed by atoms with Crippen molar-refractivity contribution in [3.05, 3.63) is 58.3 Å². The lowest BCUT2D eigenvalue weighted by atomic mass is 10.1. The summed E-state index contributed by atoms with van der Waals surface area (Å²) in [6.07, 6.45) is 2.66. The van der Waals surface area contributed by atoms with Gasteiger partial charge in [-0.25, -0.2) is 0 Å². The van der Waals surface area contributed by atoms with Crippen LogP contribution in [0.1, 0.15) is 11.3 Å². The molecule has 0 saturated heterocycles. The average Bonchev–Trinajstić information content (AvgIpc) is 2.41. The van der Waals surface area contributed by atoms with Gasteiger partial charge in [0.15, 0.2) is 0 Å². The van der Waals surface area contributed by atoms with Gasteiger partial charge in [0.2, 0.25) is 0 Å². The second-order valence-corrected chi connectivity index (χ2v) is 5.41. The summed E-state index contributed by atoms with van der Waals surface area (Å²) in [7, 11) is 0. The Labute approximate surface area is 126 Å². The van der Waals surface area contributed by atoms with Gasteiger partial charge >= 0.3 is 0 Å². The van der Waals surface area contributed by atoms with Gasteiger partial charge in [-0.15, -0.1) is 0 Å². The maximum atomic E-state index is 5.72. The van der Waals surface area contributed by atoms with Crippen molar-refractivity contribution in [1.82, 2.24) is 4.98 Å². The molecule has 0 aliphatic heterocycles. The number of aromatic nitrogens is 1. The molecule has 98 valence electrons. The molecule has 0 aliphatic carbocycles. The standard InChI is InChI=1S/C14H14BrN3S/c15-10-4-5-13(12(9-10)14(16)19)18-8-6-11-3-1-2-7-17-11/h1-5,7,9,18H,6,8H2,(H2,16,19). The van der Waals surface area contributed by atoms with E-state index in [4.69, 9.17) is 18.0 Å². The Bertz CT molecular complexity index is 572. The number of nitrogens with one attached hydrogen (secondary N) is 1. The first kappa shape index (κ1) is 14.0. The number of anilines is 1. The third-order valence-corrected chi connectivity index (χ3v) is 3.38. The molecule has 2 rings (SSSR count). The van der Waals surface area contributed by atoms with E-state index in [1.165, 1.54) is 0 Å². The molecule has 0 unspecified atom stereocenters. The second kappa shape index (κ2) is 6.63. The molecule has 0 atom stereocenters. The van der Waals surface area contributed by atoms with Crippen molar-refractivity contribution in [2.24, 2.45) is 5.73 Å². The van der Waals surface area contributed by atoms with Crippen LogP contribution in [0.4, 0.5) is 5.69 Å². The zero-order valence-corrected chi connectivity index (χ0v) is 12.7. The van der Waals surface area contributed by atoms with Crippen LogP contribution in [0.25, 0.3) is 0 Å². The Hall–Kier alpha value is -1.46. The first-order chi connectivity index (χ1) is 9.16. The van der Waals surface area contributed by atoms with Crippen molar-refractivity contribution < 1.29 is 0 Å². The molecule has 0 fully saturated rings. The number of nitrogens with zero attached hydrogens (tertiary/aromatic N) is 1. The van der Waals surface area contributed by atoms with Crippen LogP contribution in [0.2, 0.25) is 0 Å². The Kier molecular flexibility index (Phi) is 4.87. The predicted molar refractivity (Wildman–Crippen MR) is 86.5 cm³/mol. The van der Waals surface area contributed by atoms with Gasteiger partial charge in [0.05, 0.1) is 0 Å². The highest BCUT2D eigenvalue weighted by Gasteiger charge is 2.05. The molecular weight excluding hydrogens is 322 g/mol. The van der Waals surface area contributed by atoms with Gasteiger partial charge in [-0.3, -0.25) is 4.98 Å². The van der Waals surface area contributed by atoms with E-state index in [1.54, 1.807) is 6.20 Å². The minimum Gasteiger partial charge on any atom is -0.389 e. The number of halogens is 1. The molecule has 19 heavy (non-hydrogen) atoms. The summed E-state index contributed by atoms with van der Waals surface area (Å²) in [4.78, 5) is 4.67. The summed E-state index contributed by atoms with van der Waals surface area (Å²) in [6, 6.07) is 11.8. The summed E-state index contributed by atoms with van der Waals surface area (Å²) in [5.74, 6) is 0. The highest BCUT2D eigenvalue weighted by molar-refractivity contribution is 9.10. The smallest absolute Gasteiger partial charge is 0.106 e. The van der Waals surface area contributed by atoms with Gasteiger partial charge in [0.1, 0.15) is 4.99 Å². The third-order valence-electron chi connectivity index (χ3n) is 2.67. The average molecular weight is 336 g/mol. The Morgan fingerprint density at radius 2 is 2.16 bits per heavy atom. The second-order valence-electron chi connectivity index (χ2n) is 4.05. The molecule has 0 spiro atoms. The maximum Gasteiger partial charge on any atom is 0.106 e. The van der Waals surface area contributed by atoms with Gasteiger partial charge in [0, 0.05) is 40.6 Å². The van der Waals surface area contributed by atoms with E-state index >= 15 is 0 Å². The number of hydrogen-bond donors (Lipinski definition) is 2. The van der Waals surface area contributed by atoms with Crippen molar-refractivity contribution in [3.8, 4) is 0 Å². The van der Waals surface area contributed by atoms with Gasteiger partial charge in [-0.05, 0) is 30.3 Å². The van der Waals surface area contributed by atoms with E-state index in [2.05, 4.69) is 26.2 Å². The molecule has 0 amide bonds. The Balaban J connectivity index is 2.02. The summed E-state index contributed by atoms with van der Waals surface area (Å²) in [5, 5.41) is 3.34. The van der Waals surface area contributed by atoms with Crippen LogP contribution in [-0.4, -0.2) is 16.5 Å². The molecule has 1 heterocycles. The summed E-state index contributed by atoms with van der Waals surface area (Å²) in [6.45, 7) is 0.786. The largest absolute Gasteiger partial charge is 0.389 e. The minimum absolute atomic E-state index is 0.390. The van der Waals surface area contributed by atoms with E-state index in [0.717, 1.165) is 34.4 Å². The minimum atomic E-state index is 0.390. The monoisotopic (exact) mass is 335 g/mol. The van der Waals surface area contributed by atoms with Crippen molar-refractivity contribution in [1.29, 1.82) is 0 Å². The van der Waals surface area contributed by atoms with Crippen molar-refractivity contribution in [2.45, 2.75) is 6.42 Å². The van der Waals surface area contributed by atoms with Crippen LogP contribution >= 0.6 is 28.1 Å². The maximum absolute atomic E-state index is 5.72. The van der Waals surface area contributed by atoms with Crippen LogP contribution in [0, 0.1) is 0 Å². The summed E-state index contributed by atoms with van der Waals surface area (Å²) < 4.78 is 0.963. The van der Waals surface area contributed by atoms with Gasteiger partial charge in [-0.1, -0.05) is 34.2 Å². The van der Waals surface area contributed by atoms with Crippen LogP contribution in [-0.2, 0) is 6.42 Å². The zero-order valence-electron chi connectivity index (χ0n) is 10.3. The molecule has 0 saturated carbocycles. The van der Waals surface area contributed by atoms with Gasteiger partial charge < -0.3 is 11.1 Å². The van der Waals surface area contributed by atoms with Crippen molar-refractivity contribution >= 4 is 38.8 Å². The number of pyridine rings is 1. The molecule has 0 aliphatic rings. The van der Waals surface area contributed by atoms with Crippen LogP contribution in [0.3, 0.4) is 0 Å². The van der Waals surface area contributed by atoms with Gasteiger partial charge in [-0.2, -0.15) is 0 Å². The van der Waals surface area contributed by atoms with E-state index in [9.17, 15) is 0 Å². The number of thiocarbonyl (C=S) groups is 1. The molecule has 3 N–H and O–H groups in total. The Morgan fingerprint density at radius 1 is 1.32 bits per heavy atom. The number of hydrogen-bond acceptors (Lipinski definition) is 3. The molecule has 3 nitrogen and oxygen atoms in total. The topological polar surface area (TPSA) is 50.9 Å². The third kappa shape index (κ3) is 4.01. The number of rotatable bonds is 5. The van der Waals surface area contributed by atoms with E-state index in [-0.39, 0.29) is 0 Å². The number of benzene rings is 1. The lowest BCUT2D eigenvalue weighted by Gasteiger charge is -2.11. The van der Waals surface area contributed by atoms with Crippen LogP contribution in [0.5, 0.6) is 0 Å². The molecule has 0 radical (unpaired) electrons. The fourth-order valence-electron chi connectivity index (χ4n) is 1.75. The van der Waals surface area contributed by atoms with Crippen LogP contribution in [0.15, 0.2) is 47.1 Å². The first-order valence-corrected chi connectivity index (χ1v) is 7.10. The van der Waals surface area contributed by atoms with E-state index < -0.39 is 0 Å². The van der Waals surface area contributed by atoms with Gasteiger partial charge in [0.25, 0.3) is 0 Å². The quantitative estimate of drug-likeness (QED) is 0.824.